The number of methoxy groups -OCH3 is 1. The van der Waals surface area contributed by atoms with E-state index in [-0.39, 0.29) is 0 Å². The highest BCUT2D eigenvalue weighted by Gasteiger charge is 2.40. The molecule has 2 saturated carbocycles. The Kier molecular flexibility index (Phi) is 7.97. The number of carbonyl (C=O) groups is 1. The van der Waals surface area contributed by atoms with Crippen molar-refractivity contribution in [3.05, 3.63) is 0 Å². The molecule has 0 bridgehead atoms. The van der Waals surface area contributed by atoms with Gasteiger partial charge in [-0.2, -0.15) is 0 Å². The van der Waals surface area contributed by atoms with Crippen LogP contribution in [0.25, 0.3) is 0 Å². The Morgan fingerprint density at radius 2 is 1.63 bits per heavy atom. The first-order valence-corrected chi connectivity index (χ1v) is 11.2. The maximum atomic E-state index is 11.7. The molecule has 156 valence electrons. The number of rotatable bonds is 7. The summed E-state index contributed by atoms with van der Waals surface area (Å²) >= 11 is 0. The monoisotopic (exact) mass is 381 g/mol. The van der Waals surface area contributed by atoms with Crippen molar-refractivity contribution in [2.75, 3.05) is 33.4 Å². The van der Waals surface area contributed by atoms with Crippen LogP contribution in [-0.2, 0) is 14.3 Å². The number of piperidine rings is 1. The van der Waals surface area contributed by atoms with Gasteiger partial charge < -0.3 is 19.5 Å². The minimum absolute atomic E-state index is 0.435. The zero-order valence-corrected chi connectivity index (χ0v) is 17.2. The summed E-state index contributed by atoms with van der Waals surface area (Å²) in [5, 5.41) is 10.3. The molecule has 3 aliphatic rings. The van der Waals surface area contributed by atoms with Crippen molar-refractivity contribution >= 4 is 5.97 Å². The molecule has 0 aromatic carbocycles. The zero-order valence-electron chi connectivity index (χ0n) is 17.2. The van der Waals surface area contributed by atoms with Gasteiger partial charge in [0.15, 0.2) is 5.60 Å². The first kappa shape index (κ1) is 21.1. The SMILES string of the molecule is COC(=O)C1(O)CCN(CCOC2CCC(CC3CCCCC3)CC2)CC1. The lowest BCUT2D eigenvalue weighted by atomic mass is 9.77. The fraction of sp³-hybridized carbons (Fsp3) is 0.955. The highest BCUT2D eigenvalue weighted by molar-refractivity contribution is 5.79. The molecule has 3 rings (SSSR count). The van der Waals surface area contributed by atoms with Crippen molar-refractivity contribution < 1.29 is 19.4 Å². The van der Waals surface area contributed by atoms with E-state index in [0.717, 1.165) is 38.1 Å². The lowest BCUT2D eigenvalue weighted by Crippen LogP contribution is -2.50. The Morgan fingerprint density at radius 1 is 1.00 bits per heavy atom. The van der Waals surface area contributed by atoms with Crippen molar-refractivity contribution in [3.63, 3.8) is 0 Å². The van der Waals surface area contributed by atoms with Crippen molar-refractivity contribution in [3.8, 4) is 0 Å². The highest BCUT2D eigenvalue weighted by Crippen LogP contribution is 2.35. The molecule has 0 atom stereocenters. The summed E-state index contributed by atoms with van der Waals surface area (Å²) in [7, 11) is 1.34. The van der Waals surface area contributed by atoms with Gasteiger partial charge in [0.25, 0.3) is 0 Å². The summed E-state index contributed by atoms with van der Waals surface area (Å²) in [6.07, 6.45) is 15.2. The third kappa shape index (κ3) is 6.16. The average molecular weight is 382 g/mol. The molecule has 0 unspecified atom stereocenters. The van der Waals surface area contributed by atoms with E-state index in [2.05, 4.69) is 4.90 Å². The van der Waals surface area contributed by atoms with Gasteiger partial charge in [0, 0.05) is 19.6 Å². The number of ether oxygens (including phenoxy) is 2. The molecule has 3 fully saturated rings. The molecular formula is C22H39NO4. The summed E-state index contributed by atoms with van der Waals surface area (Å²) in [5.41, 5.74) is -1.29. The standard InChI is InChI=1S/C22H39NO4/c1-26-21(24)22(25)11-13-23(14-12-22)15-16-27-20-9-7-19(8-10-20)17-18-5-3-2-4-6-18/h18-20,25H,2-17H2,1H3. The van der Waals surface area contributed by atoms with E-state index in [1.54, 1.807) is 0 Å². The smallest absolute Gasteiger partial charge is 0.337 e. The number of aliphatic hydroxyl groups is 1. The van der Waals surface area contributed by atoms with Crippen LogP contribution < -0.4 is 0 Å². The lowest BCUT2D eigenvalue weighted by molar-refractivity contribution is -0.167. The van der Waals surface area contributed by atoms with E-state index >= 15 is 0 Å². The average Bonchev–Trinajstić information content (AvgIpc) is 2.71. The van der Waals surface area contributed by atoms with E-state index < -0.39 is 11.6 Å². The Labute approximate surface area is 164 Å². The normalized spacial score (nSPS) is 30.1. The minimum atomic E-state index is -1.29. The summed E-state index contributed by atoms with van der Waals surface area (Å²) < 4.78 is 10.9. The predicted molar refractivity (Wildman–Crippen MR) is 106 cm³/mol. The summed E-state index contributed by atoms with van der Waals surface area (Å²) in [6, 6.07) is 0. The van der Waals surface area contributed by atoms with Gasteiger partial charge in [-0.25, -0.2) is 4.79 Å². The maximum absolute atomic E-state index is 11.7. The quantitative estimate of drug-likeness (QED) is 0.684. The van der Waals surface area contributed by atoms with Crippen molar-refractivity contribution in [1.29, 1.82) is 0 Å². The van der Waals surface area contributed by atoms with E-state index in [4.69, 9.17) is 9.47 Å². The van der Waals surface area contributed by atoms with Crippen LogP contribution in [0, 0.1) is 11.8 Å². The largest absolute Gasteiger partial charge is 0.467 e. The minimum Gasteiger partial charge on any atom is -0.467 e. The highest BCUT2D eigenvalue weighted by atomic mass is 16.5. The van der Waals surface area contributed by atoms with Gasteiger partial charge in [-0.15, -0.1) is 0 Å². The Hall–Kier alpha value is -0.650. The number of hydrogen-bond donors (Lipinski definition) is 1. The van der Waals surface area contributed by atoms with Gasteiger partial charge in [-0.1, -0.05) is 32.1 Å². The molecule has 1 aliphatic heterocycles. The fourth-order valence-electron chi connectivity index (χ4n) is 5.32. The van der Waals surface area contributed by atoms with Crippen LogP contribution in [0.3, 0.4) is 0 Å². The van der Waals surface area contributed by atoms with Crippen LogP contribution in [0.2, 0.25) is 0 Å². The Morgan fingerprint density at radius 3 is 2.26 bits per heavy atom. The van der Waals surface area contributed by atoms with E-state index in [1.807, 2.05) is 0 Å². The molecular weight excluding hydrogens is 342 g/mol. The van der Waals surface area contributed by atoms with Crippen LogP contribution in [0.1, 0.15) is 77.0 Å². The van der Waals surface area contributed by atoms with Crippen molar-refractivity contribution in [2.24, 2.45) is 11.8 Å². The lowest BCUT2D eigenvalue weighted by Gasteiger charge is -2.36. The van der Waals surface area contributed by atoms with E-state index in [0.29, 0.717) is 18.9 Å². The second kappa shape index (κ2) is 10.2. The molecule has 1 heterocycles. The first-order chi connectivity index (χ1) is 13.1. The number of hydrogen-bond acceptors (Lipinski definition) is 5. The molecule has 0 aromatic heterocycles. The molecule has 0 radical (unpaired) electrons. The molecule has 27 heavy (non-hydrogen) atoms. The molecule has 0 amide bonds. The maximum Gasteiger partial charge on any atom is 0.337 e. The molecule has 2 aliphatic carbocycles. The van der Waals surface area contributed by atoms with E-state index in [9.17, 15) is 9.90 Å². The van der Waals surface area contributed by atoms with Gasteiger partial charge >= 0.3 is 5.97 Å². The number of carbonyl (C=O) groups excluding carboxylic acids is 1. The number of esters is 1. The fourth-order valence-corrected chi connectivity index (χ4v) is 5.32. The van der Waals surface area contributed by atoms with Gasteiger partial charge in [0.1, 0.15) is 0 Å². The molecule has 0 aromatic rings. The molecule has 1 saturated heterocycles. The predicted octanol–water partition coefficient (Wildman–Crippen LogP) is 3.53. The number of likely N-dealkylation sites (tertiary alicyclic amines) is 1. The van der Waals surface area contributed by atoms with Crippen LogP contribution in [0.5, 0.6) is 0 Å². The second-order valence-corrected chi connectivity index (χ2v) is 9.12. The third-order valence-electron chi connectivity index (χ3n) is 7.19. The van der Waals surface area contributed by atoms with Crippen LogP contribution in [0.15, 0.2) is 0 Å². The van der Waals surface area contributed by atoms with Crippen LogP contribution in [-0.4, -0.2) is 61.0 Å². The Balaban J connectivity index is 1.26. The third-order valence-corrected chi connectivity index (χ3v) is 7.19. The summed E-state index contributed by atoms with van der Waals surface area (Å²) in [4.78, 5) is 13.9. The Bertz CT molecular complexity index is 447. The first-order valence-electron chi connectivity index (χ1n) is 11.2. The van der Waals surface area contributed by atoms with Crippen molar-refractivity contribution in [1.82, 2.24) is 4.90 Å². The molecule has 5 heteroatoms. The zero-order chi connectivity index (χ0) is 19.1. The summed E-state index contributed by atoms with van der Waals surface area (Å²) in [5.74, 6) is 1.44. The van der Waals surface area contributed by atoms with E-state index in [1.165, 1.54) is 71.3 Å². The molecule has 5 nitrogen and oxygen atoms in total. The van der Waals surface area contributed by atoms with Crippen molar-refractivity contribution in [2.45, 2.75) is 88.8 Å². The molecule has 1 N–H and O–H groups in total. The second-order valence-electron chi connectivity index (χ2n) is 9.12. The number of nitrogens with zero attached hydrogens (tertiary/aromatic N) is 1. The topological polar surface area (TPSA) is 59.0 Å². The van der Waals surface area contributed by atoms with Gasteiger partial charge in [0.05, 0.1) is 19.8 Å². The van der Waals surface area contributed by atoms with Gasteiger partial charge in [-0.3, -0.25) is 0 Å². The van der Waals surface area contributed by atoms with Gasteiger partial charge in [-0.05, 0) is 56.8 Å². The van der Waals surface area contributed by atoms with Crippen LogP contribution >= 0.6 is 0 Å². The summed E-state index contributed by atoms with van der Waals surface area (Å²) in [6.45, 7) is 3.10. The van der Waals surface area contributed by atoms with Gasteiger partial charge in [0.2, 0.25) is 0 Å². The van der Waals surface area contributed by atoms with Crippen LogP contribution in [0.4, 0.5) is 0 Å². The molecule has 0 spiro atoms.